The van der Waals surface area contributed by atoms with Crippen LogP contribution in [0.3, 0.4) is 0 Å². The Hall–Kier alpha value is -5.56. The lowest BCUT2D eigenvalue weighted by atomic mass is 9.79. The maximum atomic E-state index is 13.8. The predicted octanol–water partition coefficient (Wildman–Crippen LogP) is 5.79. The van der Waals surface area contributed by atoms with E-state index in [0.29, 0.717) is 29.9 Å². The Labute approximate surface area is 267 Å². The number of fused-ring (bicyclic) bond motifs is 2. The molecule has 234 valence electrons. The molecule has 3 N–H and O–H groups in total. The summed E-state index contributed by atoms with van der Waals surface area (Å²) in [4.78, 5) is 45.7. The highest BCUT2D eigenvalue weighted by Crippen LogP contribution is 2.43. The van der Waals surface area contributed by atoms with E-state index in [9.17, 15) is 18.8 Å². The first-order valence-corrected chi connectivity index (χ1v) is 15.1. The van der Waals surface area contributed by atoms with E-state index in [-0.39, 0.29) is 29.3 Å². The van der Waals surface area contributed by atoms with Gasteiger partial charge in [0, 0.05) is 43.3 Å². The minimum Gasteiger partial charge on any atom is -0.351 e. The summed E-state index contributed by atoms with van der Waals surface area (Å²) in [5.74, 6) is -1.69. The Kier molecular flexibility index (Phi) is 9.72. The zero-order valence-corrected chi connectivity index (χ0v) is 25.7. The Balaban J connectivity index is 0.000000266. The number of rotatable bonds is 5. The Morgan fingerprint density at radius 3 is 2.50 bits per heavy atom. The van der Waals surface area contributed by atoms with E-state index in [0.717, 1.165) is 24.6 Å². The molecule has 0 radical (unpaired) electrons. The van der Waals surface area contributed by atoms with Crippen molar-refractivity contribution in [2.75, 3.05) is 18.4 Å². The summed E-state index contributed by atoms with van der Waals surface area (Å²) in [6.45, 7) is 5.90. The molecule has 2 unspecified atom stereocenters. The fourth-order valence-electron chi connectivity index (χ4n) is 5.98. The van der Waals surface area contributed by atoms with Gasteiger partial charge in [0.05, 0.1) is 17.5 Å². The Morgan fingerprint density at radius 1 is 1.07 bits per heavy atom. The summed E-state index contributed by atoms with van der Waals surface area (Å²) in [5, 5.41) is 12.0. The third-order valence-corrected chi connectivity index (χ3v) is 8.11. The number of nitriles is 1. The standard InChI is InChI=1S/C26H23FN4O2.C10H12N2O/c1-16(2)15-31-24(17-6-5-11-29-14-17)23(20-7-3-4-8-21(20)26(31)33)25(32)30-19-9-10-22(27)18(12-19)13-28;11-10(13)12-6-5-8-3-1-2-4-9(8)7-12/h3-12,14,16,23-24H,15H2,1-2H3,(H,30,32);1-4H,5-7H2,(H2,11,13). The van der Waals surface area contributed by atoms with E-state index in [4.69, 9.17) is 11.0 Å². The normalized spacial score (nSPS) is 16.8. The maximum Gasteiger partial charge on any atom is 0.315 e. The monoisotopic (exact) mass is 618 g/mol. The summed E-state index contributed by atoms with van der Waals surface area (Å²) >= 11 is 0. The average Bonchev–Trinajstić information content (AvgIpc) is 3.07. The SMILES string of the molecule is CC(C)CN1C(=O)c2ccccc2C(C(=O)Nc2ccc(F)c(C#N)c2)C1c1cccnc1.NC(=O)N1CCc2ccccc2C1. The van der Waals surface area contributed by atoms with Gasteiger partial charge >= 0.3 is 6.03 Å². The Morgan fingerprint density at radius 2 is 1.80 bits per heavy atom. The molecule has 46 heavy (non-hydrogen) atoms. The van der Waals surface area contributed by atoms with Crippen LogP contribution >= 0.6 is 0 Å². The highest BCUT2D eigenvalue weighted by atomic mass is 19.1. The van der Waals surface area contributed by atoms with E-state index in [1.165, 1.54) is 23.3 Å². The number of primary amides is 1. The maximum absolute atomic E-state index is 13.8. The second-order valence-electron chi connectivity index (χ2n) is 11.7. The second-order valence-corrected chi connectivity index (χ2v) is 11.7. The molecule has 0 spiro atoms. The van der Waals surface area contributed by atoms with Gasteiger partial charge in [0.15, 0.2) is 0 Å². The lowest BCUT2D eigenvalue weighted by Crippen LogP contribution is -2.47. The highest BCUT2D eigenvalue weighted by Gasteiger charge is 2.44. The van der Waals surface area contributed by atoms with Crippen LogP contribution in [0.2, 0.25) is 0 Å². The van der Waals surface area contributed by atoms with E-state index >= 15 is 0 Å². The number of hydrogen-bond donors (Lipinski definition) is 2. The van der Waals surface area contributed by atoms with Crippen LogP contribution in [0.15, 0.2) is 91.3 Å². The number of aromatic nitrogens is 1. The van der Waals surface area contributed by atoms with Crippen LogP contribution < -0.4 is 11.1 Å². The van der Waals surface area contributed by atoms with Crippen molar-refractivity contribution in [3.63, 3.8) is 0 Å². The van der Waals surface area contributed by atoms with Crippen molar-refractivity contribution in [2.45, 2.75) is 38.8 Å². The number of carbonyl (C=O) groups excluding carboxylic acids is 3. The minimum absolute atomic E-state index is 0.134. The number of benzene rings is 3. The molecular formula is C36H35FN6O3. The first kappa shape index (κ1) is 31.9. The van der Waals surface area contributed by atoms with Crippen molar-refractivity contribution in [3.8, 4) is 6.07 Å². The molecule has 0 saturated heterocycles. The summed E-state index contributed by atoms with van der Waals surface area (Å²) < 4.78 is 13.8. The fraction of sp³-hybridized carbons (Fsp3) is 0.250. The van der Waals surface area contributed by atoms with Crippen molar-refractivity contribution < 1.29 is 18.8 Å². The van der Waals surface area contributed by atoms with Crippen LogP contribution in [0, 0.1) is 23.1 Å². The van der Waals surface area contributed by atoms with E-state index in [1.54, 1.807) is 58.6 Å². The van der Waals surface area contributed by atoms with Gasteiger partial charge in [0.25, 0.3) is 5.91 Å². The number of amides is 4. The highest BCUT2D eigenvalue weighted by molar-refractivity contribution is 6.04. The molecule has 10 heteroatoms. The van der Waals surface area contributed by atoms with Gasteiger partial charge in [-0.15, -0.1) is 0 Å². The summed E-state index contributed by atoms with van der Waals surface area (Å²) in [6.07, 6.45) is 4.23. The molecule has 0 bridgehead atoms. The second kappa shape index (κ2) is 14.0. The predicted molar refractivity (Wildman–Crippen MR) is 172 cm³/mol. The summed E-state index contributed by atoms with van der Waals surface area (Å²) in [6, 6.07) is 23.7. The molecule has 2 aliphatic heterocycles. The van der Waals surface area contributed by atoms with Gasteiger partial charge in [0.2, 0.25) is 5.91 Å². The first-order valence-electron chi connectivity index (χ1n) is 15.1. The van der Waals surface area contributed by atoms with Gasteiger partial charge in [-0.2, -0.15) is 5.26 Å². The zero-order chi connectivity index (χ0) is 32.8. The van der Waals surface area contributed by atoms with Gasteiger partial charge in [-0.3, -0.25) is 14.6 Å². The first-order chi connectivity index (χ1) is 22.2. The molecule has 9 nitrogen and oxygen atoms in total. The molecule has 3 aromatic carbocycles. The van der Waals surface area contributed by atoms with Crippen LogP contribution in [0.25, 0.3) is 0 Å². The van der Waals surface area contributed by atoms with Crippen LogP contribution in [-0.4, -0.2) is 45.7 Å². The molecule has 2 aliphatic rings. The number of nitrogens with two attached hydrogens (primary N) is 1. The van der Waals surface area contributed by atoms with Crippen molar-refractivity contribution in [1.82, 2.24) is 14.8 Å². The molecule has 0 aliphatic carbocycles. The van der Waals surface area contributed by atoms with Gasteiger partial charge in [-0.25, -0.2) is 9.18 Å². The number of nitrogens with zero attached hydrogens (tertiary/aromatic N) is 4. The number of hydrogen-bond acceptors (Lipinski definition) is 5. The van der Waals surface area contributed by atoms with Gasteiger partial charge in [-0.05, 0) is 64.9 Å². The topological polar surface area (TPSA) is 132 Å². The molecule has 2 atom stereocenters. The molecule has 4 amide bonds. The molecule has 0 saturated carbocycles. The number of halogens is 1. The molecular weight excluding hydrogens is 583 g/mol. The minimum atomic E-state index is -0.725. The molecule has 1 aromatic heterocycles. The lowest BCUT2D eigenvalue weighted by molar-refractivity contribution is -0.119. The third-order valence-electron chi connectivity index (χ3n) is 8.11. The number of nitrogens with one attached hydrogen (secondary N) is 1. The molecule has 6 rings (SSSR count). The quantitative estimate of drug-likeness (QED) is 0.292. The van der Waals surface area contributed by atoms with Crippen LogP contribution in [0.4, 0.5) is 14.9 Å². The van der Waals surface area contributed by atoms with Crippen molar-refractivity contribution in [1.29, 1.82) is 5.26 Å². The van der Waals surface area contributed by atoms with Crippen molar-refractivity contribution >= 4 is 23.5 Å². The van der Waals surface area contributed by atoms with Crippen LogP contribution in [0.5, 0.6) is 0 Å². The summed E-state index contributed by atoms with van der Waals surface area (Å²) in [7, 11) is 0. The number of pyridine rings is 1. The van der Waals surface area contributed by atoms with E-state index in [2.05, 4.69) is 16.4 Å². The molecule has 4 aromatic rings. The zero-order valence-electron chi connectivity index (χ0n) is 25.7. The largest absolute Gasteiger partial charge is 0.351 e. The van der Waals surface area contributed by atoms with Crippen LogP contribution in [0.1, 0.15) is 64.0 Å². The van der Waals surface area contributed by atoms with Gasteiger partial charge < -0.3 is 20.9 Å². The number of carbonyl (C=O) groups is 3. The Bertz CT molecular complexity index is 1790. The molecule has 3 heterocycles. The average molecular weight is 619 g/mol. The smallest absolute Gasteiger partial charge is 0.315 e. The third kappa shape index (κ3) is 6.89. The van der Waals surface area contributed by atoms with Gasteiger partial charge in [0.1, 0.15) is 11.9 Å². The molecule has 0 fully saturated rings. The summed E-state index contributed by atoms with van der Waals surface area (Å²) in [5.41, 5.74) is 9.77. The number of urea groups is 1. The van der Waals surface area contributed by atoms with Crippen molar-refractivity contribution in [3.05, 3.63) is 130 Å². The number of anilines is 1. The van der Waals surface area contributed by atoms with Gasteiger partial charge in [-0.1, -0.05) is 62.4 Å². The fourth-order valence-corrected chi connectivity index (χ4v) is 5.98. The van der Waals surface area contributed by atoms with E-state index < -0.39 is 17.8 Å². The van der Waals surface area contributed by atoms with E-state index in [1.807, 2.05) is 38.1 Å². The van der Waals surface area contributed by atoms with Crippen molar-refractivity contribution in [2.24, 2.45) is 11.7 Å². The van der Waals surface area contributed by atoms with Crippen LogP contribution in [-0.2, 0) is 17.8 Å². The lowest BCUT2D eigenvalue weighted by Gasteiger charge is -2.42.